The Labute approximate surface area is 266 Å². The Morgan fingerprint density at radius 1 is 0.889 bits per heavy atom. The van der Waals surface area contributed by atoms with E-state index in [1.54, 1.807) is 20.8 Å². The average Bonchev–Trinajstić information content (AvgIpc) is 3.74. The third-order valence-electron chi connectivity index (χ3n) is 8.13. The number of allylic oxidation sites excluding steroid dienone is 1. The second-order valence-electron chi connectivity index (χ2n) is 12.6. The zero-order valence-electron chi connectivity index (χ0n) is 26.8. The van der Waals surface area contributed by atoms with Crippen molar-refractivity contribution in [2.75, 3.05) is 26.7 Å². The van der Waals surface area contributed by atoms with E-state index < -0.39 is 11.5 Å². The summed E-state index contributed by atoms with van der Waals surface area (Å²) in [6.07, 6.45) is 5.08. The molecule has 0 spiro atoms. The Bertz CT molecular complexity index is 1450. The van der Waals surface area contributed by atoms with Crippen molar-refractivity contribution < 1.29 is 33.6 Å². The van der Waals surface area contributed by atoms with Crippen molar-refractivity contribution in [2.45, 2.75) is 71.9 Å². The minimum Gasteiger partial charge on any atom is -0.491 e. The van der Waals surface area contributed by atoms with Crippen molar-refractivity contribution in [3.8, 4) is 23.0 Å². The fourth-order valence-electron chi connectivity index (χ4n) is 5.61. The number of aliphatic hydroxyl groups excluding tert-OH is 1. The highest BCUT2D eigenvalue weighted by atomic mass is 16.7. The summed E-state index contributed by atoms with van der Waals surface area (Å²) in [5, 5.41) is 13.9. The fraction of sp³-hybridized carbons (Fsp3) is 0.432. The van der Waals surface area contributed by atoms with Gasteiger partial charge in [0.25, 0.3) is 0 Å². The van der Waals surface area contributed by atoms with Crippen molar-refractivity contribution in [3.05, 3.63) is 83.4 Å². The van der Waals surface area contributed by atoms with Crippen molar-refractivity contribution in [1.82, 2.24) is 5.32 Å². The van der Waals surface area contributed by atoms with E-state index in [1.807, 2.05) is 60.7 Å². The number of hydrogen-bond donors (Lipinski definition) is 2. The molecule has 1 saturated carbocycles. The minimum atomic E-state index is -0.592. The molecule has 8 heteroatoms. The highest BCUT2D eigenvalue weighted by Crippen LogP contribution is 2.40. The lowest BCUT2D eigenvalue weighted by atomic mass is 9.88. The third-order valence-corrected chi connectivity index (χ3v) is 8.13. The van der Waals surface area contributed by atoms with E-state index in [0.717, 1.165) is 45.8 Å². The maximum Gasteiger partial charge on any atom is 0.314 e. The topological polar surface area (TPSA) is 95.5 Å². The Morgan fingerprint density at radius 2 is 1.49 bits per heavy atom. The molecule has 8 nitrogen and oxygen atoms in total. The van der Waals surface area contributed by atoms with Gasteiger partial charge in [0.1, 0.15) is 24.2 Å². The number of carbonyl (C=O) groups is 1. The summed E-state index contributed by atoms with van der Waals surface area (Å²) in [4.78, 5) is 12.1. The number of fused-ring (bicyclic) bond motifs is 1. The second-order valence-corrected chi connectivity index (χ2v) is 12.6. The lowest BCUT2D eigenvalue weighted by Crippen LogP contribution is -2.36. The van der Waals surface area contributed by atoms with Crippen LogP contribution in [-0.2, 0) is 9.53 Å². The van der Waals surface area contributed by atoms with Gasteiger partial charge in [0.05, 0.1) is 5.41 Å². The zero-order chi connectivity index (χ0) is 31.8. The van der Waals surface area contributed by atoms with E-state index >= 15 is 0 Å². The molecule has 0 aromatic heterocycles. The van der Waals surface area contributed by atoms with Gasteiger partial charge < -0.3 is 34.1 Å². The highest BCUT2D eigenvalue weighted by molar-refractivity contribution is 5.99. The van der Waals surface area contributed by atoms with Gasteiger partial charge >= 0.3 is 5.97 Å². The van der Waals surface area contributed by atoms with Gasteiger partial charge in [-0.15, -0.1) is 0 Å². The molecular weight excluding hydrogens is 570 g/mol. The first kappa shape index (κ1) is 32.4. The van der Waals surface area contributed by atoms with Crippen molar-refractivity contribution >= 4 is 17.1 Å². The van der Waals surface area contributed by atoms with Crippen LogP contribution >= 0.6 is 0 Å². The van der Waals surface area contributed by atoms with E-state index in [4.69, 9.17) is 23.7 Å². The number of rotatable bonds is 13. The summed E-state index contributed by atoms with van der Waals surface area (Å²) in [7, 11) is 0. The van der Waals surface area contributed by atoms with Crippen LogP contribution in [0.5, 0.6) is 23.0 Å². The first-order valence-corrected chi connectivity index (χ1v) is 15.9. The molecule has 5 rings (SSSR count). The zero-order valence-corrected chi connectivity index (χ0v) is 26.8. The maximum absolute atomic E-state index is 12.1. The van der Waals surface area contributed by atoms with E-state index in [1.165, 1.54) is 25.7 Å². The van der Waals surface area contributed by atoms with Gasteiger partial charge in [-0.2, -0.15) is 0 Å². The van der Waals surface area contributed by atoms with Gasteiger partial charge in [-0.05, 0) is 104 Å². The molecule has 3 aromatic rings. The van der Waals surface area contributed by atoms with Crippen LogP contribution in [0.1, 0.15) is 76.5 Å². The summed E-state index contributed by atoms with van der Waals surface area (Å²) in [5.74, 6) is 2.46. The normalized spacial score (nSPS) is 15.8. The molecule has 0 bridgehead atoms. The summed E-state index contributed by atoms with van der Waals surface area (Å²) in [6, 6.07) is 22.3. The number of hydrogen-bond acceptors (Lipinski definition) is 8. The third kappa shape index (κ3) is 8.59. The molecule has 1 aliphatic carbocycles. The van der Waals surface area contributed by atoms with E-state index in [-0.39, 0.29) is 26.2 Å². The Kier molecular flexibility index (Phi) is 10.7. The molecule has 45 heavy (non-hydrogen) atoms. The van der Waals surface area contributed by atoms with Crippen LogP contribution in [0.3, 0.4) is 0 Å². The monoisotopic (exact) mass is 615 g/mol. The molecule has 3 aromatic carbocycles. The molecule has 1 fully saturated rings. The van der Waals surface area contributed by atoms with Gasteiger partial charge in [-0.1, -0.05) is 50.1 Å². The molecule has 0 radical (unpaired) electrons. The number of nitrogens with one attached hydrogen (secondary N) is 1. The maximum atomic E-state index is 12.1. The predicted octanol–water partition coefficient (Wildman–Crippen LogP) is 6.98. The molecule has 240 valence electrons. The van der Waals surface area contributed by atoms with Crippen LogP contribution in [0, 0.1) is 5.41 Å². The Hall–Kier alpha value is -4.01. The van der Waals surface area contributed by atoms with Crippen LogP contribution < -0.4 is 24.3 Å². The molecule has 1 atom stereocenters. The van der Waals surface area contributed by atoms with Crippen LogP contribution in [0.2, 0.25) is 0 Å². The van der Waals surface area contributed by atoms with Crippen LogP contribution in [0.25, 0.3) is 11.1 Å². The molecular formula is C37H45NO7. The van der Waals surface area contributed by atoms with Crippen molar-refractivity contribution in [1.29, 1.82) is 0 Å². The Morgan fingerprint density at radius 3 is 2.11 bits per heavy atom. The lowest BCUT2D eigenvalue weighted by Gasteiger charge is -2.19. The van der Waals surface area contributed by atoms with Crippen LogP contribution in [0.15, 0.2) is 66.7 Å². The fourth-order valence-corrected chi connectivity index (χ4v) is 5.61. The highest BCUT2D eigenvalue weighted by Gasteiger charge is 2.23. The number of carbonyl (C=O) groups excluding carboxylic acids is 1. The Balaban J connectivity index is 1.35. The standard InChI is InChI=1S/C37H45NO7/c1-5-32(27-14-19-33-34(20-27)44-24-43-33)35(26-12-17-31(18-13-26)42-23-45-36(40)37(2,3)4)25-10-15-30(16-11-25)41-22-29(39)21-38-28-8-6-7-9-28/h10-20,28-29,38-39H,5-9,21-24H2,1-4H3/b35-32+. The smallest absolute Gasteiger partial charge is 0.314 e. The van der Waals surface area contributed by atoms with Gasteiger partial charge in [-0.25, -0.2) is 0 Å². The van der Waals surface area contributed by atoms with E-state index in [9.17, 15) is 9.90 Å². The SMILES string of the molecule is CC/C(=C(\c1ccc(OCOC(=O)C(C)(C)C)cc1)c1ccc(OCC(O)CNC2CCCC2)cc1)c1ccc2c(c1)OCO2. The van der Waals surface area contributed by atoms with Gasteiger partial charge in [0.2, 0.25) is 13.6 Å². The van der Waals surface area contributed by atoms with E-state index in [2.05, 4.69) is 18.3 Å². The molecule has 0 saturated heterocycles. The molecule has 2 aliphatic rings. The summed E-state index contributed by atoms with van der Waals surface area (Å²) in [6.45, 7) is 8.39. The molecule has 0 amide bonds. The van der Waals surface area contributed by atoms with E-state index in [0.29, 0.717) is 24.1 Å². The number of aliphatic hydroxyl groups is 1. The molecule has 1 unspecified atom stereocenters. The van der Waals surface area contributed by atoms with Crippen molar-refractivity contribution in [3.63, 3.8) is 0 Å². The number of benzene rings is 3. The number of ether oxygens (including phenoxy) is 5. The van der Waals surface area contributed by atoms with Crippen LogP contribution in [-0.4, -0.2) is 50.0 Å². The summed E-state index contributed by atoms with van der Waals surface area (Å²) >= 11 is 0. The minimum absolute atomic E-state index is 0.150. The predicted molar refractivity (Wildman–Crippen MR) is 174 cm³/mol. The van der Waals surface area contributed by atoms with Gasteiger partial charge in [0, 0.05) is 12.6 Å². The first-order valence-electron chi connectivity index (χ1n) is 15.9. The quantitative estimate of drug-likeness (QED) is 0.121. The average molecular weight is 616 g/mol. The van der Waals surface area contributed by atoms with Gasteiger partial charge in [-0.3, -0.25) is 4.79 Å². The number of esters is 1. The second kappa shape index (κ2) is 14.8. The lowest BCUT2D eigenvalue weighted by molar-refractivity contribution is -0.159. The van der Waals surface area contributed by atoms with Gasteiger partial charge in [0.15, 0.2) is 11.5 Å². The molecule has 2 N–H and O–H groups in total. The molecule has 1 heterocycles. The summed E-state index contributed by atoms with van der Waals surface area (Å²) in [5.41, 5.74) is 4.69. The largest absolute Gasteiger partial charge is 0.491 e. The summed E-state index contributed by atoms with van der Waals surface area (Å²) < 4.78 is 28.2. The van der Waals surface area contributed by atoms with Crippen LogP contribution in [0.4, 0.5) is 0 Å². The molecule has 1 aliphatic heterocycles. The first-order chi connectivity index (χ1) is 21.7. The van der Waals surface area contributed by atoms with Crippen molar-refractivity contribution in [2.24, 2.45) is 5.41 Å².